The number of aromatic nitrogens is 5. The first kappa shape index (κ1) is 25.7. The van der Waals surface area contributed by atoms with Crippen molar-refractivity contribution in [1.82, 2.24) is 29.8 Å². The van der Waals surface area contributed by atoms with Crippen LogP contribution in [0.4, 0.5) is 9.18 Å². The van der Waals surface area contributed by atoms with Gasteiger partial charge in [-0.3, -0.25) is 15.7 Å². The van der Waals surface area contributed by atoms with Crippen LogP contribution in [0, 0.1) is 17.1 Å². The number of nitrogens with zero attached hydrogens (tertiary/aromatic N) is 5. The van der Waals surface area contributed by atoms with Gasteiger partial charge in [-0.25, -0.2) is 24.1 Å². The second kappa shape index (κ2) is 10.8. The van der Waals surface area contributed by atoms with Gasteiger partial charge in [0.15, 0.2) is 17.3 Å². The highest BCUT2D eigenvalue weighted by molar-refractivity contribution is 6.30. The highest BCUT2D eigenvalue weighted by atomic mass is 35.5. The van der Waals surface area contributed by atoms with Gasteiger partial charge in [0.05, 0.1) is 5.02 Å². The van der Waals surface area contributed by atoms with E-state index in [1.807, 2.05) is 12.2 Å². The Kier molecular flexibility index (Phi) is 7.33. The van der Waals surface area contributed by atoms with Crippen molar-refractivity contribution in [2.24, 2.45) is 5.92 Å². The zero-order valence-corrected chi connectivity index (χ0v) is 21.5. The molecule has 11 heteroatoms. The van der Waals surface area contributed by atoms with Crippen molar-refractivity contribution in [3.05, 3.63) is 70.8 Å². The SMILES string of the molecule is CC(c1ccccc1F)c1nc2nc(C(=N)NC(=O)O)nc(-c3cncc(Cl)c3)c2n1CC1CCCCC1. The molecule has 4 aromatic rings. The van der Waals surface area contributed by atoms with Crippen LogP contribution < -0.4 is 5.32 Å². The molecule has 1 aliphatic rings. The van der Waals surface area contributed by atoms with Gasteiger partial charge in [0.1, 0.15) is 22.9 Å². The molecule has 0 spiro atoms. The maximum Gasteiger partial charge on any atom is 0.410 e. The van der Waals surface area contributed by atoms with Crippen LogP contribution in [0.15, 0.2) is 42.7 Å². The van der Waals surface area contributed by atoms with Crippen LogP contribution in [0.5, 0.6) is 0 Å². The molecule has 1 aromatic carbocycles. The van der Waals surface area contributed by atoms with Crippen LogP contribution in [0.1, 0.15) is 62.2 Å². The summed E-state index contributed by atoms with van der Waals surface area (Å²) in [5.74, 6) is -0.321. The summed E-state index contributed by atoms with van der Waals surface area (Å²) in [5.41, 5.74) is 2.41. The lowest BCUT2D eigenvalue weighted by molar-refractivity contribution is 0.200. The highest BCUT2D eigenvalue weighted by Crippen LogP contribution is 2.35. The van der Waals surface area contributed by atoms with Gasteiger partial charge in [-0.05, 0) is 36.5 Å². The van der Waals surface area contributed by atoms with E-state index in [0.717, 1.165) is 25.7 Å². The van der Waals surface area contributed by atoms with Crippen molar-refractivity contribution >= 4 is 34.7 Å². The highest BCUT2D eigenvalue weighted by Gasteiger charge is 2.27. The van der Waals surface area contributed by atoms with Crippen LogP contribution in [-0.2, 0) is 6.54 Å². The van der Waals surface area contributed by atoms with Gasteiger partial charge in [-0.1, -0.05) is 56.0 Å². The van der Waals surface area contributed by atoms with Gasteiger partial charge in [-0.2, -0.15) is 0 Å². The molecule has 3 heterocycles. The van der Waals surface area contributed by atoms with E-state index >= 15 is 0 Å². The fraction of sp³-hybridized carbons (Fsp3) is 0.333. The summed E-state index contributed by atoms with van der Waals surface area (Å²) in [6.07, 6.45) is 7.37. The van der Waals surface area contributed by atoms with Crippen molar-refractivity contribution in [3.8, 4) is 11.3 Å². The molecule has 0 radical (unpaired) electrons. The Labute approximate surface area is 223 Å². The minimum absolute atomic E-state index is 0.137. The quantitative estimate of drug-likeness (QED) is 0.205. The summed E-state index contributed by atoms with van der Waals surface area (Å²) in [5, 5.41) is 19.8. The van der Waals surface area contributed by atoms with E-state index < -0.39 is 17.8 Å². The largest absolute Gasteiger partial charge is 0.465 e. The first-order chi connectivity index (χ1) is 18.3. The molecule has 1 aliphatic carbocycles. The molecule has 196 valence electrons. The zero-order chi connectivity index (χ0) is 26.8. The maximum absolute atomic E-state index is 14.9. The topological polar surface area (TPSA) is 130 Å². The number of imidazole rings is 1. The number of nitrogens with one attached hydrogen (secondary N) is 2. The van der Waals surface area contributed by atoms with Gasteiger partial charge in [0.25, 0.3) is 0 Å². The van der Waals surface area contributed by atoms with Crippen molar-refractivity contribution in [2.75, 3.05) is 0 Å². The number of amidine groups is 1. The molecule has 0 aliphatic heterocycles. The molecule has 0 saturated heterocycles. The van der Waals surface area contributed by atoms with Crippen molar-refractivity contribution in [2.45, 2.75) is 51.5 Å². The number of fused-ring (bicyclic) bond motifs is 1. The van der Waals surface area contributed by atoms with Gasteiger partial charge >= 0.3 is 6.09 Å². The third-order valence-corrected chi connectivity index (χ3v) is 7.20. The number of carbonyl (C=O) groups is 1. The normalized spacial score (nSPS) is 14.9. The van der Waals surface area contributed by atoms with Crippen LogP contribution in [0.3, 0.4) is 0 Å². The van der Waals surface area contributed by atoms with E-state index in [2.05, 4.69) is 19.5 Å². The van der Waals surface area contributed by atoms with E-state index in [-0.39, 0.29) is 17.3 Å². The maximum atomic E-state index is 14.9. The lowest BCUT2D eigenvalue weighted by Gasteiger charge is -2.25. The third kappa shape index (κ3) is 5.22. The summed E-state index contributed by atoms with van der Waals surface area (Å²) < 4.78 is 16.9. The van der Waals surface area contributed by atoms with Gasteiger partial charge in [0.2, 0.25) is 0 Å². The molecule has 3 N–H and O–H groups in total. The Bertz CT molecular complexity index is 1520. The van der Waals surface area contributed by atoms with E-state index in [1.54, 1.807) is 30.5 Å². The summed E-state index contributed by atoms with van der Waals surface area (Å²) >= 11 is 6.26. The fourth-order valence-corrected chi connectivity index (χ4v) is 5.35. The summed E-state index contributed by atoms with van der Waals surface area (Å²) in [6, 6.07) is 8.32. The molecule has 3 aromatic heterocycles. The summed E-state index contributed by atoms with van der Waals surface area (Å²) in [6.45, 7) is 2.55. The van der Waals surface area contributed by atoms with Crippen molar-refractivity contribution < 1.29 is 14.3 Å². The first-order valence-electron chi connectivity index (χ1n) is 12.5. The Morgan fingerprint density at radius 1 is 1.21 bits per heavy atom. The average Bonchev–Trinajstić information content (AvgIpc) is 3.26. The number of halogens is 2. The smallest absolute Gasteiger partial charge is 0.410 e. The van der Waals surface area contributed by atoms with Crippen LogP contribution in [0.2, 0.25) is 5.02 Å². The lowest BCUT2D eigenvalue weighted by Crippen LogP contribution is -2.30. The Balaban J connectivity index is 1.76. The monoisotopic (exact) mass is 535 g/mol. The third-order valence-electron chi connectivity index (χ3n) is 6.99. The van der Waals surface area contributed by atoms with Gasteiger partial charge < -0.3 is 9.67 Å². The number of hydrogen-bond donors (Lipinski definition) is 3. The minimum atomic E-state index is -1.40. The van der Waals surface area contributed by atoms with Gasteiger partial charge in [0, 0.05) is 30.4 Å². The van der Waals surface area contributed by atoms with E-state index in [9.17, 15) is 9.18 Å². The minimum Gasteiger partial charge on any atom is -0.465 e. The second-order valence-electron chi connectivity index (χ2n) is 9.59. The zero-order valence-electron chi connectivity index (χ0n) is 20.8. The second-order valence-corrected chi connectivity index (χ2v) is 10.0. The number of benzene rings is 1. The van der Waals surface area contributed by atoms with Crippen LogP contribution in [-0.4, -0.2) is 41.5 Å². The number of pyridine rings is 1. The molecule has 1 fully saturated rings. The Morgan fingerprint density at radius 2 is 1.97 bits per heavy atom. The number of hydrogen-bond acceptors (Lipinski definition) is 6. The van der Waals surface area contributed by atoms with Crippen molar-refractivity contribution in [1.29, 1.82) is 5.41 Å². The van der Waals surface area contributed by atoms with E-state index in [0.29, 0.717) is 45.6 Å². The number of rotatable bonds is 6. The van der Waals surface area contributed by atoms with E-state index in [4.69, 9.17) is 27.1 Å². The Hall–Kier alpha value is -3.92. The van der Waals surface area contributed by atoms with Crippen LogP contribution >= 0.6 is 11.6 Å². The fourth-order valence-electron chi connectivity index (χ4n) is 5.18. The Morgan fingerprint density at radius 3 is 2.68 bits per heavy atom. The number of amides is 1. The summed E-state index contributed by atoms with van der Waals surface area (Å²) in [4.78, 5) is 29.3. The lowest BCUT2D eigenvalue weighted by atomic mass is 9.89. The van der Waals surface area contributed by atoms with Crippen LogP contribution in [0.25, 0.3) is 22.4 Å². The molecule has 1 unspecified atom stereocenters. The molecular formula is C27H27ClFN7O2. The molecule has 1 amide bonds. The van der Waals surface area contributed by atoms with E-state index in [1.165, 1.54) is 18.7 Å². The standard InChI is InChI=1S/C27H27ClFN7O2/c1-15(19-9-5-6-10-20(19)29)26-35-24-22(36(26)14-16-7-3-2-4-8-16)21(17-11-18(28)13-31-12-17)32-25(34-24)23(30)33-27(37)38/h5-6,9-13,15-16H,2-4,7-8,14H2,1H3,(H2,30,33)(H,37,38). The predicted octanol–water partition coefficient (Wildman–Crippen LogP) is 6.01. The first-order valence-corrected chi connectivity index (χ1v) is 12.9. The molecule has 9 nitrogen and oxygen atoms in total. The molecule has 38 heavy (non-hydrogen) atoms. The summed E-state index contributed by atoms with van der Waals surface area (Å²) in [7, 11) is 0. The van der Waals surface area contributed by atoms with Crippen molar-refractivity contribution in [3.63, 3.8) is 0 Å². The average molecular weight is 536 g/mol. The molecule has 1 saturated carbocycles. The molecule has 5 rings (SSSR count). The number of carboxylic acid groups (broad SMARTS) is 1. The molecular weight excluding hydrogens is 509 g/mol. The molecule has 1 atom stereocenters. The predicted molar refractivity (Wildman–Crippen MR) is 142 cm³/mol. The molecule has 0 bridgehead atoms. The van der Waals surface area contributed by atoms with Gasteiger partial charge in [-0.15, -0.1) is 0 Å².